The molecule has 0 spiro atoms. The molecule has 4 rings (SSSR count). The van der Waals surface area contributed by atoms with Gasteiger partial charge in [-0.05, 0) is 5.53 Å². The van der Waals surface area contributed by atoms with Gasteiger partial charge in [0.25, 0.3) is 0 Å². The lowest BCUT2D eigenvalue weighted by Gasteiger charge is -2.49. The second-order valence-corrected chi connectivity index (χ2v) is 14.6. The van der Waals surface area contributed by atoms with Gasteiger partial charge in [0, 0.05) is 18.0 Å². The standard InChI is InChI=1S/C34H60N4O25/c35-38-37-2-4-54-5-6-55-13-18(43)36-1-3-53-7-8-56-31-27(52)28(22(47)17(12-42)57-31)61-33-30(25(50)21(46)15(10-40)59-33)63-34-29(24(49)20(45)16(11-41)60-34)62-32-26(51)23(48)19(44)14(9-39)58-32/h14-17,19-34,39-42,44-52H,1-13H2,(H,36,43)/t14?,15?,16?,17?,19-,20-,21-,22-,23?,24?,25?,26-,27-,28?,29-,30-,31+,32-,33-,34-/m1/s1. The van der Waals surface area contributed by atoms with E-state index in [9.17, 15) is 71.2 Å². The van der Waals surface area contributed by atoms with Gasteiger partial charge in [-0.1, -0.05) is 5.11 Å². The SMILES string of the molecule is [N-]=[N+]=NCCOCCOCC(=O)NCCOCCO[C@H]1OC(CO)[C@@H](O)C(O[C@H]2OC(CO)[C@@H](O)C(O)[C@H]2O[C@H]2OC(CO)[C@@H](O)C(O)[C@H]2O[C@H]2OC(CO)[C@@H](O)C(O)[C@H]2O)[C@H]1O. The van der Waals surface area contributed by atoms with Gasteiger partial charge < -0.3 is 124 Å². The van der Waals surface area contributed by atoms with Crippen molar-refractivity contribution in [2.75, 3.05) is 85.8 Å². The molecule has 20 atom stereocenters. The Bertz CT molecular complexity index is 1380. The molecular formula is C34H60N4O25. The Hall–Kier alpha value is -2.18. The Morgan fingerprint density at radius 3 is 1.54 bits per heavy atom. The first-order valence-corrected chi connectivity index (χ1v) is 20.0. The van der Waals surface area contributed by atoms with Crippen LogP contribution in [0.4, 0.5) is 0 Å². The molecule has 14 N–H and O–H groups in total. The zero-order valence-corrected chi connectivity index (χ0v) is 33.8. The summed E-state index contributed by atoms with van der Waals surface area (Å²) in [5.41, 5.74) is 8.21. The third-order valence-electron chi connectivity index (χ3n) is 10.3. The highest BCUT2D eigenvalue weighted by Crippen LogP contribution is 2.35. The molecule has 4 saturated heterocycles. The Balaban J connectivity index is 1.38. The van der Waals surface area contributed by atoms with Crippen molar-refractivity contribution in [3.05, 3.63) is 10.4 Å². The Morgan fingerprint density at radius 1 is 0.508 bits per heavy atom. The number of carbonyl (C=O) groups excluding carboxylic acids is 1. The van der Waals surface area contributed by atoms with E-state index < -0.39 is 155 Å². The van der Waals surface area contributed by atoms with Gasteiger partial charge in [-0.2, -0.15) is 0 Å². The van der Waals surface area contributed by atoms with Crippen molar-refractivity contribution in [2.24, 2.45) is 5.11 Å². The van der Waals surface area contributed by atoms with Gasteiger partial charge in [0.1, 0.15) is 104 Å². The van der Waals surface area contributed by atoms with Crippen molar-refractivity contribution < 1.29 is 123 Å². The molecule has 4 aliphatic rings. The smallest absolute Gasteiger partial charge is 0.246 e. The summed E-state index contributed by atoms with van der Waals surface area (Å²) < 4.78 is 61.0. The molecule has 0 aliphatic carbocycles. The van der Waals surface area contributed by atoms with E-state index in [2.05, 4.69) is 15.3 Å². The van der Waals surface area contributed by atoms with E-state index in [1.54, 1.807) is 0 Å². The van der Waals surface area contributed by atoms with Crippen molar-refractivity contribution in [3.63, 3.8) is 0 Å². The third kappa shape index (κ3) is 14.4. The lowest BCUT2D eigenvalue weighted by Crippen LogP contribution is -2.68. The molecule has 0 bridgehead atoms. The van der Waals surface area contributed by atoms with Crippen LogP contribution in [0.5, 0.6) is 0 Å². The molecule has 8 unspecified atom stereocenters. The van der Waals surface area contributed by atoms with Crippen LogP contribution in [0, 0.1) is 0 Å². The topological polar surface area (TPSA) is 442 Å². The summed E-state index contributed by atoms with van der Waals surface area (Å²) in [5.74, 6) is -0.428. The van der Waals surface area contributed by atoms with Crippen molar-refractivity contribution in [2.45, 2.75) is 123 Å². The summed E-state index contributed by atoms with van der Waals surface area (Å²) in [6, 6.07) is 0. The minimum absolute atomic E-state index is 0.0319. The summed E-state index contributed by atoms with van der Waals surface area (Å²) in [6.45, 7) is -3.28. The quantitative estimate of drug-likeness (QED) is 0.0175. The summed E-state index contributed by atoms with van der Waals surface area (Å²) in [4.78, 5) is 14.5. The van der Waals surface area contributed by atoms with Gasteiger partial charge >= 0.3 is 0 Å². The fourth-order valence-electron chi connectivity index (χ4n) is 6.79. The number of nitrogens with zero attached hydrogens (tertiary/aromatic N) is 3. The van der Waals surface area contributed by atoms with Crippen LogP contribution in [0.2, 0.25) is 0 Å². The molecule has 0 saturated carbocycles. The maximum atomic E-state index is 11.9. The number of azide groups is 1. The molecule has 63 heavy (non-hydrogen) atoms. The Morgan fingerprint density at radius 2 is 0.968 bits per heavy atom. The fraction of sp³-hybridized carbons (Fsp3) is 0.971. The van der Waals surface area contributed by atoms with Gasteiger partial charge in [0.15, 0.2) is 25.2 Å². The predicted octanol–water partition coefficient (Wildman–Crippen LogP) is -9.25. The second kappa shape index (κ2) is 26.8. The lowest BCUT2D eigenvalue weighted by molar-refractivity contribution is -0.403. The van der Waals surface area contributed by atoms with E-state index in [1.165, 1.54) is 0 Å². The van der Waals surface area contributed by atoms with Crippen LogP contribution in [0.25, 0.3) is 10.4 Å². The van der Waals surface area contributed by atoms with Gasteiger partial charge in [-0.25, -0.2) is 0 Å². The van der Waals surface area contributed by atoms with E-state index >= 15 is 0 Å². The zero-order valence-electron chi connectivity index (χ0n) is 33.8. The normalized spacial score (nSPS) is 40.9. The average Bonchev–Trinajstić information content (AvgIpc) is 3.27. The molecule has 0 aromatic carbocycles. The van der Waals surface area contributed by atoms with Crippen molar-refractivity contribution in [3.8, 4) is 0 Å². The number of nitrogens with one attached hydrogen (secondary N) is 1. The number of aliphatic hydroxyl groups excluding tert-OH is 13. The monoisotopic (exact) mass is 924 g/mol. The van der Waals surface area contributed by atoms with Crippen molar-refractivity contribution in [1.82, 2.24) is 5.32 Å². The number of amides is 1. The highest BCUT2D eigenvalue weighted by Gasteiger charge is 2.56. The average molecular weight is 925 g/mol. The molecule has 29 nitrogen and oxygen atoms in total. The zero-order chi connectivity index (χ0) is 46.2. The predicted molar refractivity (Wildman–Crippen MR) is 197 cm³/mol. The van der Waals surface area contributed by atoms with Crippen LogP contribution in [0.15, 0.2) is 5.11 Å². The molecule has 4 aliphatic heterocycles. The first kappa shape index (κ1) is 53.4. The maximum Gasteiger partial charge on any atom is 0.246 e. The van der Waals surface area contributed by atoms with Crippen LogP contribution < -0.4 is 5.32 Å². The number of hydrogen-bond acceptors (Lipinski definition) is 26. The number of carbonyl (C=O) groups is 1. The van der Waals surface area contributed by atoms with Crippen LogP contribution in [-0.4, -0.2) is 281 Å². The maximum absolute atomic E-state index is 11.9. The van der Waals surface area contributed by atoms with Gasteiger partial charge in [0.05, 0.1) is 66.1 Å². The van der Waals surface area contributed by atoms with E-state index in [4.69, 9.17) is 57.6 Å². The first-order chi connectivity index (χ1) is 30.2. The lowest BCUT2D eigenvalue weighted by atomic mass is 9.95. The number of ether oxygens (including phenoxy) is 11. The van der Waals surface area contributed by atoms with Crippen LogP contribution in [-0.2, 0) is 56.9 Å². The fourth-order valence-corrected chi connectivity index (χ4v) is 6.79. The first-order valence-electron chi connectivity index (χ1n) is 20.0. The Kier molecular flexibility index (Phi) is 22.8. The van der Waals surface area contributed by atoms with Crippen LogP contribution in [0.3, 0.4) is 0 Å². The second-order valence-electron chi connectivity index (χ2n) is 14.6. The van der Waals surface area contributed by atoms with Gasteiger partial charge in [-0.15, -0.1) is 0 Å². The third-order valence-corrected chi connectivity index (χ3v) is 10.3. The van der Waals surface area contributed by atoms with E-state index in [0.717, 1.165) is 0 Å². The number of rotatable bonds is 25. The van der Waals surface area contributed by atoms with Gasteiger partial charge in [-0.3, -0.25) is 4.79 Å². The van der Waals surface area contributed by atoms with Crippen LogP contribution in [0.1, 0.15) is 0 Å². The highest BCUT2D eigenvalue weighted by molar-refractivity contribution is 5.77. The molecule has 0 radical (unpaired) electrons. The highest BCUT2D eigenvalue weighted by atomic mass is 16.8. The summed E-state index contributed by atoms with van der Waals surface area (Å²) >= 11 is 0. The number of hydrogen-bond donors (Lipinski definition) is 14. The largest absolute Gasteiger partial charge is 0.394 e. The van der Waals surface area contributed by atoms with E-state index in [-0.39, 0.29) is 59.3 Å². The minimum atomic E-state index is -2.07. The molecule has 1 amide bonds. The summed E-state index contributed by atoms with van der Waals surface area (Å²) in [6.07, 6.45) is -36.8. The molecule has 366 valence electrons. The minimum Gasteiger partial charge on any atom is -0.394 e. The van der Waals surface area contributed by atoms with Gasteiger partial charge in [0.2, 0.25) is 5.91 Å². The molecular weight excluding hydrogens is 864 g/mol. The van der Waals surface area contributed by atoms with Crippen LogP contribution >= 0.6 is 0 Å². The molecule has 4 fully saturated rings. The molecule has 0 aromatic heterocycles. The summed E-state index contributed by atoms with van der Waals surface area (Å²) in [5, 5.41) is 143. The van der Waals surface area contributed by atoms with Crippen molar-refractivity contribution in [1.29, 1.82) is 0 Å². The number of aliphatic hydroxyl groups is 13. The molecule has 29 heteroatoms. The summed E-state index contributed by atoms with van der Waals surface area (Å²) in [7, 11) is 0. The van der Waals surface area contributed by atoms with E-state index in [1.807, 2.05) is 0 Å². The molecule has 4 heterocycles. The molecule has 0 aromatic rings. The Labute approximate surface area is 358 Å². The van der Waals surface area contributed by atoms with E-state index in [0.29, 0.717) is 0 Å². The van der Waals surface area contributed by atoms with Crippen molar-refractivity contribution >= 4 is 5.91 Å².